The van der Waals surface area contributed by atoms with Gasteiger partial charge in [0.25, 0.3) is 5.91 Å². The molecular weight excluding hydrogens is 366 g/mol. The van der Waals surface area contributed by atoms with Crippen molar-refractivity contribution in [2.75, 3.05) is 11.2 Å². The monoisotopic (exact) mass is 377 g/mol. The first kappa shape index (κ1) is 16.6. The minimum Gasteiger partial charge on any atom is -0.268 e. The van der Waals surface area contributed by atoms with Gasteiger partial charge in [-0.15, -0.1) is 11.8 Å². The highest BCUT2D eigenvalue weighted by molar-refractivity contribution is 8.27. The molecule has 0 bridgehead atoms. The number of hydrogen-bond donors (Lipinski definition) is 0. The van der Waals surface area contributed by atoms with E-state index in [0.29, 0.717) is 14.2 Å². The molecule has 0 unspecified atom stereocenters. The molecule has 23 heavy (non-hydrogen) atoms. The van der Waals surface area contributed by atoms with Crippen molar-refractivity contribution in [1.82, 2.24) is 0 Å². The second kappa shape index (κ2) is 7.09. The van der Waals surface area contributed by atoms with Crippen LogP contribution < -0.4 is 4.90 Å². The molecule has 3 rings (SSSR count). The normalized spacial score (nSPS) is 16.4. The number of halogens is 1. The van der Waals surface area contributed by atoms with E-state index in [-0.39, 0.29) is 5.91 Å². The van der Waals surface area contributed by atoms with E-state index in [1.54, 1.807) is 40.9 Å². The van der Waals surface area contributed by atoms with E-state index in [0.717, 1.165) is 11.3 Å². The summed E-state index contributed by atoms with van der Waals surface area (Å²) in [5.74, 6) is -0.101. The van der Waals surface area contributed by atoms with Gasteiger partial charge >= 0.3 is 0 Å². The third kappa shape index (κ3) is 3.63. The fourth-order valence-electron chi connectivity index (χ4n) is 2.13. The van der Waals surface area contributed by atoms with E-state index in [4.69, 9.17) is 23.8 Å². The first-order valence-corrected chi connectivity index (χ1v) is 9.59. The minimum absolute atomic E-state index is 0.101. The molecule has 116 valence electrons. The van der Waals surface area contributed by atoms with Crippen molar-refractivity contribution < 1.29 is 4.79 Å². The van der Waals surface area contributed by atoms with Crippen LogP contribution in [-0.2, 0) is 4.79 Å². The molecule has 2 aromatic carbocycles. The van der Waals surface area contributed by atoms with Gasteiger partial charge in [0, 0.05) is 9.92 Å². The Morgan fingerprint density at radius 3 is 2.39 bits per heavy atom. The first-order chi connectivity index (χ1) is 11.1. The lowest BCUT2D eigenvalue weighted by atomic mass is 10.2. The number of carbonyl (C=O) groups is 1. The lowest BCUT2D eigenvalue weighted by molar-refractivity contribution is -0.113. The van der Waals surface area contributed by atoms with E-state index >= 15 is 0 Å². The van der Waals surface area contributed by atoms with Crippen LogP contribution in [0.1, 0.15) is 5.56 Å². The molecule has 2 aromatic rings. The van der Waals surface area contributed by atoms with Gasteiger partial charge in [-0.25, -0.2) is 0 Å². The summed E-state index contributed by atoms with van der Waals surface area (Å²) in [6, 6.07) is 15.2. The van der Waals surface area contributed by atoms with Crippen molar-refractivity contribution in [3.8, 4) is 0 Å². The highest BCUT2D eigenvalue weighted by Gasteiger charge is 2.33. The zero-order chi connectivity index (χ0) is 16.4. The molecule has 1 aliphatic rings. The molecule has 2 nitrogen and oxygen atoms in total. The average molecular weight is 378 g/mol. The largest absolute Gasteiger partial charge is 0.270 e. The molecule has 6 heteroatoms. The Balaban J connectivity index is 1.88. The van der Waals surface area contributed by atoms with Crippen LogP contribution in [0.2, 0.25) is 5.02 Å². The van der Waals surface area contributed by atoms with Crippen molar-refractivity contribution in [1.29, 1.82) is 0 Å². The Kier molecular flexibility index (Phi) is 5.11. The molecule has 0 radical (unpaired) electrons. The van der Waals surface area contributed by atoms with Crippen molar-refractivity contribution in [2.45, 2.75) is 4.90 Å². The van der Waals surface area contributed by atoms with E-state index < -0.39 is 0 Å². The minimum atomic E-state index is -0.101. The molecule has 1 fully saturated rings. The number of thiocarbonyl (C=S) groups is 1. The lowest BCUT2D eigenvalue weighted by Gasteiger charge is -2.14. The van der Waals surface area contributed by atoms with Crippen LogP contribution in [0.15, 0.2) is 58.3 Å². The third-order valence-electron chi connectivity index (χ3n) is 3.29. The summed E-state index contributed by atoms with van der Waals surface area (Å²) in [5.41, 5.74) is 1.72. The fraction of sp³-hybridized carbons (Fsp3) is 0.0588. The highest BCUT2D eigenvalue weighted by Crippen LogP contribution is 2.36. The summed E-state index contributed by atoms with van der Waals surface area (Å²) < 4.78 is 0.532. The van der Waals surface area contributed by atoms with Gasteiger partial charge in [-0.2, -0.15) is 0 Å². The summed E-state index contributed by atoms with van der Waals surface area (Å²) in [5, 5.41) is 0.628. The van der Waals surface area contributed by atoms with Gasteiger partial charge in [-0.3, -0.25) is 9.69 Å². The second-order valence-corrected chi connectivity index (χ2v) is 7.76. The molecule has 1 amide bonds. The predicted octanol–water partition coefficient (Wildman–Crippen LogP) is 5.47. The zero-order valence-corrected chi connectivity index (χ0v) is 15.4. The van der Waals surface area contributed by atoms with Crippen molar-refractivity contribution in [3.63, 3.8) is 0 Å². The van der Waals surface area contributed by atoms with Crippen LogP contribution in [0.4, 0.5) is 5.69 Å². The van der Waals surface area contributed by atoms with E-state index in [2.05, 4.69) is 0 Å². The van der Waals surface area contributed by atoms with Crippen molar-refractivity contribution in [3.05, 3.63) is 64.0 Å². The summed E-state index contributed by atoms with van der Waals surface area (Å²) in [7, 11) is 0. The van der Waals surface area contributed by atoms with Crippen LogP contribution in [0.3, 0.4) is 0 Å². The predicted molar refractivity (Wildman–Crippen MR) is 105 cm³/mol. The van der Waals surface area contributed by atoms with Crippen LogP contribution in [0, 0.1) is 0 Å². The first-order valence-electron chi connectivity index (χ1n) is 6.76. The number of carbonyl (C=O) groups excluding carboxylic acids is 1. The topological polar surface area (TPSA) is 20.3 Å². The molecule has 0 spiro atoms. The van der Waals surface area contributed by atoms with E-state index in [1.165, 1.54) is 16.7 Å². The third-order valence-corrected chi connectivity index (χ3v) is 5.59. The number of rotatable bonds is 3. The Labute approximate surface area is 153 Å². The van der Waals surface area contributed by atoms with Crippen LogP contribution in [-0.4, -0.2) is 16.5 Å². The number of anilines is 1. The standard InChI is InChI=1S/C17H12ClNOS3/c1-22-14-8-2-11(3-9-14)10-15-16(20)19(17(21)23-15)13-6-4-12(18)5-7-13/h2-10H,1H3. The number of amides is 1. The van der Waals surface area contributed by atoms with Gasteiger partial charge in [-0.05, 0) is 54.3 Å². The number of hydrogen-bond acceptors (Lipinski definition) is 4. The fourth-order valence-corrected chi connectivity index (χ4v) is 3.97. The molecule has 0 aromatic heterocycles. The van der Waals surface area contributed by atoms with E-state index in [9.17, 15) is 4.79 Å². The van der Waals surface area contributed by atoms with Gasteiger partial charge in [0.2, 0.25) is 0 Å². The van der Waals surface area contributed by atoms with Crippen LogP contribution >= 0.6 is 47.3 Å². The number of nitrogens with zero attached hydrogens (tertiary/aromatic N) is 1. The molecule has 1 aliphatic heterocycles. The van der Waals surface area contributed by atoms with Crippen LogP contribution in [0.25, 0.3) is 6.08 Å². The van der Waals surface area contributed by atoms with Crippen molar-refractivity contribution in [2.24, 2.45) is 0 Å². The summed E-state index contributed by atoms with van der Waals surface area (Å²) in [4.78, 5) is 16.0. The average Bonchev–Trinajstić information content (AvgIpc) is 2.83. The zero-order valence-electron chi connectivity index (χ0n) is 12.2. The lowest BCUT2D eigenvalue weighted by Crippen LogP contribution is -2.27. The molecule has 0 atom stereocenters. The van der Waals surface area contributed by atoms with Gasteiger partial charge in [0.15, 0.2) is 4.32 Å². The Morgan fingerprint density at radius 1 is 1.13 bits per heavy atom. The smallest absolute Gasteiger partial charge is 0.268 e. The molecule has 0 N–H and O–H groups in total. The molecule has 0 aliphatic carbocycles. The summed E-state index contributed by atoms with van der Waals surface area (Å²) in [6.07, 6.45) is 3.91. The van der Waals surface area contributed by atoms with E-state index in [1.807, 2.05) is 36.6 Å². The molecule has 1 saturated heterocycles. The van der Waals surface area contributed by atoms with Gasteiger partial charge < -0.3 is 0 Å². The van der Waals surface area contributed by atoms with Crippen molar-refractivity contribution >= 4 is 69.3 Å². The number of thioether (sulfide) groups is 2. The van der Waals surface area contributed by atoms with Gasteiger partial charge in [0.05, 0.1) is 10.6 Å². The maximum atomic E-state index is 12.6. The highest BCUT2D eigenvalue weighted by atomic mass is 35.5. The van der Waals surface area contributed by atoms with Gasteiger partial charge in [0.1, 0.15) is 0 Å². The summed E-state index contributed by atoms with van der Waals surface area (Å²) >= 11 is 14.3. The maximum Gasteiger partial charge on any atom is 0.270 e. The Hall–Kier alpha value is -1.27. The summed E-state index contributed by atoms with van der Waals surface area (Å²) in [6.45, 7) is 0. The molecule has 0 saturated carbocycles. The number of benzene rings is 2. The maximum absolute atomic E-state index is 12.6. The molecule has 1 heterocycles. The Bertz CT molecular complexity index is 784. The SMILES string of the molecule is CSc1ccc(C=C2SC(=S)N(c3ccc(Cl)cc3)C2=O)cc1. The van der Waals surface area contributed by atoms with Crippen LogP contribution in [0.5, 0.6) is 0 Å². The quantitative estimate of drug-likeness (QED) is 0.401. The van der Waals surface area contributed by atoms with Gasteiger partial charge in [-0.1, -0.05) is 47.7 Å². The second-order valence-electron chi connectivity index (χ2n) is 4.77. The Morgan fingerprint density at radius 2 is 1.78 bits per heavy atom. The molecular formula is C17H12ClNOS3.